The van der Waals surface area contributed by atoms with Gasteiger partial charge >= 0.3 is 0 Å². The van der Waals surface area contributed by atoms with Crippen molar-refractivity contribution in [3.8, 4) is 0 Å². The van der Waals surface area contributed by atoms with E-state index in [1.54, 1.807) is 22.6 Å². The van der Waals surface area contributed by atoms with Crippen molar-refractivity contribution in [2.75, 3.05) is 18.4 Å². The lowest BCUT2D eigenvalue weighted by Crippen LogP contribution is -2.42. The number of piperidine rings is 1. The zero-order chi connectivity index (χ0) is 24.4. The first-order valence-electron chi connectivity index (χ1n) is 11.8. The molecule has 0 aliphatic carbocycles. The van der Waals surface area contributed by atoms with Crippen molar-refractivity contribution in [3.05, 3.63) is 88.9 Å². The highest BCUT2D eigenvalue weighted by Gasteiger charge is 2.31. The molecule has 1 saturated heterocycles. The second-order valence-electron chi connectivity index (χ2n) is 8.67. The second kappa shape index (κ2) is 9.89. The van der Waals surface area contributed by atoms with E-state index in [1.807, 2.05) is 61.5 Å². The van der Waals surface area contributed by atoms with Crippen molar-refractivity contribution in [2.24, 2.45) is 0 Å². The number of carbonyl (C=O) groups is 1. The molecule has 5 rings (SSSR count). The Morgan fingerprint density at radius 3 is 2.54 bits per heavy atom. The number of anilines is 1. The maximum absolute atomic E-state index is 13.4. The molecule has 180 valence electrons. The summed E-state index contributed by atoms with van der Waals surface area (Å²) >= 11 is 1.35. The molecule has 1 fully saturated rings. The number of aryl methyl sites for hydroxylation is 1. The summed E-state index contributed by atoms with van der Waals surface area (Å²) in [7, 11) is -3.58. The molecule has 0 saturated carbocycles. The van der Waals surface area contributed by atoms with E-state index in [0.717, 1.165) is 28.3 Å². The lowest BCUT2D eigenvalue weighted by atomic mass is 10.0. The Balaban J connectivity index is 1.25. The molecular formula is C27H27N3O3S2. The third kappa shape index (κ3) is 4.74. The number of rotatable bonds is 7. The Kier molecular flexibility index (Phi) is 6.69. The minimum atomic E-state index is -3.58. The summed E-state index contributed by atoms with van der Waals surface area (Å²) < 4.78 is 28.4. The molecule has 35 heavy (non-hydrogen) atoms. The molecule has 0 spiro atoms. The Hall–Kier alpha value is -3.07. The lowest BCUT2D eigenvalue weighted by Gasteiger charge is -2.31. The summed E-state index contributed by atoms with van der Waals surface area (Å²) in [5.41, 5.74) is 1.75. The highest BCUT2D eigenvalue weighted by Crippen LogP contribution is 2.29. The van der Waals surface area contributed by atoms with Crippen LogP contribution in [-0.2, 0) is 16.4 Å². The van der Waals surface area contributed by atoms with Gasteiger partial charge in [-0.1, -0.05) is 78.9 Å². The molecule has 1 N–H and O–H groups in total. The molecule has 0 radical (unpaired) electrons. The number of benzene rings is 3. The van der Waals surface area contributed by atoms with E-state index >= 15 is 0 Å². The van der Waals surface area contributed by atoms with E-state index in [-0.39, 0.29) is 11.8 Å². The summed E-state index contributed by atoms with van der Waals surface area (Å²) in [4.78, 5) is 18.4. The van der Waals surface area contributed by atoms with E-state index in [9.17, 15) is 13.2 Å². The van der Waals surface area contributed by atoms with Crippen molar-refractivity contribution in [2.45, 2.75) is 37.1 Å². The number of thiazole rings is 1. The predicted molar refractivity (Wildman–Crippen MR) is 141 cm³/mol. The van der Waals surface area contributed by atoms with Crippen LogP contribution in [-0.4, -0.2) is 42.6 Å². The van der Waals surface area contributed by atoms with E-state index in [4.69, 9.17) is 0 Å². The summed E-state index contributed by atoms with van der Waals surface area (Å²) in [6.45, 7) is 2.91. The minimum Gasteiger partial charge on any atom is -0.359 e. The minimum absolute atomic E-state index is 0.0102. The largest absolute Gasteiger partial charge is 0.359 e. The van der Waals surface area contributed by atoms with Crippen LogP contribution in [0.25, 0.3) is 10.8 Å². The van der Waals surface area contributed by atoms with Crippen molar-refractivity contribution in [1.82, 2.24) is 9.29 Å². The molecule has 0 unspecified atom stereocenters. The van der Waals surface area contributed by atoms with Crippen LogP contribution < -0.4 is 5.32 Å². The summed E-state index contributed by atoms with van der Waals surface area (Å²) in [5, 5.41) is 5.77. The van der Waals surface area contributed by atoms with Gasteiger partial charge in [0, 0.05) is 30.1 Å². The third-order valence-electron chi connectivity index (χ3n) is 6.52. The Morgan fingerprint density at radius 1 is 1.03 bits per heavy atom. The number of carbonyl (C=O) groups excluding carboxylic acids is 1. The zero-order valence-electron chi connectivity index (χ0n) is 19.5. The normalized spacial score (nSPS) is 15.3. The average molecular weight is 506 g/mol. The number of nitrogens with zero attached hydrogens (tertiary/aromatic N) is 2. The second-order valence-corrected chi connectivity index (χ2v) is 11.6. The summed E-state index contributed by atoms with van der Waals surface area (Å²) in [6, 6.07) is 20.7. The first kappa shape index (κ1) is 23.7. The van der Waals surface area contributed by atoms with Gasteiger partial charge in [-0.2, -0.15) is 4.31 Å². The third-order valence-corrected chi connectivity index (χ3v) is 9.41. The standard InChI is InChI=1S/C27H27N3O3S2/c1-2-19-8-3-6-12-23(19)26(31)24-18-28-27(34-24)29-21-14-16-30(17-15-21)35(32,33)25-13-7-10-20-9-4-5-11-22(20)25/h3-13,18,21H,2,14-17H2,1H3,(H,28,29). The SMILES string of the molecule is CCc1ccccc1C(=O)c1cnc(NC2CCN(S(=O)(=O)c3cccc4ccccc34)CC2)s1. The number of hydrogen-bond donors (Lipinski definition) is 1. The van der Waals surface area contributed by atoms with Crippen LogP contribution in [0.4, 0.5) is 5.13 Å². The monoisotopic (exact) mass is 505 g/mol. The van der Waals surface area contributed by atoms with Crippen LogP contribution in [0.3, 0.4) is 0 Å². The lowest BCUT2D eigenvalue weighted by molar-refractivity contribution is 0.104. The highest BCUT2D eigenvalue weighted by molar-refractivity contribution is 7.89. The van der Waals surface area contributed by atoms with Gasteiger partial charge in [-0.05, 0) is 36.3 Å². The summed E-state index contributed by atoms with van der Waals surface area (Å²) in [5.74, 6) is -0.0102. The van der Waals surface area contributed by atoms with Crippen molar-refractivity contribution < 1.29 is 13.2 Å². The number of aromatic nitrogens is 1. The van der Waals surface area contributed by atoms with Gasteiger partial charge in [-0.3, -0.25) is 4.79 Å². The van der Waals surface area contributed by atoms with Gasteiger partial charge in [0.25, 0.3) is 0 Å². The molecule has 0 atom stereocenters. The molecule has 4 aromatic rings. The van der Waals surface area contributed by atoms with Gasteiger partial charge in [-0.15, -0.1) is 0 Å². The zero-order valence-corrected chi connectivity index (χ0v) is 21.1. The fourth-order valence-electron chi connectivity index (χ4n) is 4.60. The van der Waals surface area contributed by atoms with E-state index in [2.05, 4.69) is 10.3 Å². The number of nitrogens with one attached hydrogen (secondary N) is 1. The maximum atomic E-state index is 13.4. The first-order valence-corrected chi connectivity index (χ1v) is 14.1. The Bertz CT molecular complexity index is 1470. The number of sulfonamides is 1. The molecule has 1 aromatic heterocycles. The number of ketones is 1. The molecule has 0 bridgehead atoms. The quantitative estimate of drug-likeness (QED) is 0.342. The Morgan fingerprint density at radius 2 is 1.74 bits per heavy atom. The number of hydrogen-bond acceptors (Lipinski definition) is 6. The van der Waals surface area contributed by atoms with E-state index in [0.29, 0.717) is 40.8 Å². The first-order chi connectivity index (χ1) is 17.0. The molecular weight excluding hydrogens is 478 g/mol. The van der Waals surface area contributed by atoms with Crippen LogP contribution in [0.15, 0.2) is 77.8 Å². The Labute approximate surface area is 209 Å². The number of fused-ring (bicyclic) bond motifs is 1. The fourth-order valence-corrected chi connectivity index (χ4v) is 7.13. The molecule has 0 amide bonds. The summed E-state index contributed by atoms with van der Waals surface area (Å²) in [6.07, 6.45) is 3.77. The maximum Gasteiger partial charge on any atom is 0.243 e. The van der Waals surface area contributed by atoms with Crippen LogP contribution in [0.5, 0.6) is 0 Å². The predicted octanol–water partition coefficient (Wildman–Crippen LogP) is 5.35. The highest BCUT2D eigenvalue weighted by atomic mass is 32.2. The van der Waals surface area contributed by atoms with Crippen LogP contribution in [0, 0.1) is 0 Å². The van der Waals surface area contributed by atoms with E-state index < -0.39 is 10.0 Å². The fraction of sp³-hybridized carbons (Fsp3) is 0.259. The van der Waals surface area contributed by atoms with Gasteiger partial charge in [0.2, 0.25) is 15.8 Å². The topological polar surface area (TPSA) is 79.4 Å². The van der Waals surface area contributed by atoms with E-state index in [1.165, 1.54) is 11.3 Å². The van der Waals surface area contributed by atoms with Gasteiger partial charge < -0.3 is 5.32 Å². The molecule has 3 aromatic carbocycles. The smallest absolute Gasteiger partial charge is 0.243 e. The molecule has 6 nitrogen and oxygen atoms in total. The average Bonchev–Trinajstić information content (AvgIpc) is 3.36. The molecule has 8 heteroatoms. The van der Waals surface area contributed by atoms with Crippen LogP contribution >= 0.6 is 11.3 Å². The van der Waals surface area contributed by atoms with Gasteiger partial charge in [0.1, 0.15) is 0 Å². The molecule has 1 aliphatic rings. The van der Waals surface area contributed by atoms with Gasteiger partial charge in [0.05, 0.1) is 16.0 Å². The van der Waals surface area contributed by atoms with Crippen molar-refractivity contribution in [3.63, 3.8) is 0 Å². The van der Waals surface area contributed by atoms with Gasteiger partial charge in [-0.25, -0.2) is 13.4 Å². The van der Waals surface area contributed by atoms with Crippen molar-refractivity contribution >= 4 is 43.0 Å². The van der Waals surface area contributed by atoms with Crippen LogP contribution in [0.1, 0.15) is 40.6 Å². The molecule has 2 heterocycles. The van der Waals surface area contributed by atoms with Crippen molar-refractivity contribution in [1.29, 1.82) is 0 Å². The van der Waals surface area contributed by atoms with Crippen LogP contribution in [0.2, 0.25) is 0 Å². The molecule has 1 aliphatic heterocycles. The van der Waals surface area contributed by atoms with Gasteiger partial charge in [0.15, 0.2) is 5.13 Å².